The summed E-state index contributed by atoms with van der Waals surface area (Å²) in [7, 11) is 1.80. The number of rotatable bonds is 8. The third-order valence-corrected chi connectivity index (χ3v) is 6.06. The number of benzene rings is 1. The Hall–Kier alpha value is -1.61. The Bertz CT molecular complexity index is 745. The molecule has 1 fully saturated rings. The van der Waals surface area contributed by atoms with Gasteiger partial charge in [0.05, 0.1) is 4.88 Å². The molecule has 0 radical (unpaired) electrons. The smallest absolute Gasteiger partial charge is 0.261 e. The minimum absolute atomic E-state index is 0. The number of hydrogen-bond donors (Lipinski definition) is 3. The fraction of sp³-hybridized carbons (Fsp3) is 0.429. The lowest BCUT2D eigenvalue weighted by atomic mass is 9.64. The van der Waals surface area contributed by atoms with E-state index in [-0.39, 0.29) is 35.3 Å². The number of aliphatic imine (C=N–C) groups is 1. The molecule has 0 saturated heterocycles. The highest BCUT2D eigenvalue weighted by molar-refractivity contribution is 14.0. The topological polar surface area (TPSA) is 65.5 Å². The molecule has 1 aromatic carbocycles. The molecule has 1 aromatic heterocycles. The molecule has 7 heteroatoms. The van der Waals surface area contributed by atoms with Gasteiger partial charge in [0.1, 0.15) is 0 Å². The molecule has 1 aliphatic rings. The van der Waals surface area contributed by atoms with Gasteiger partial charge in [-0.25, -0.2) is 0 Å². The van der Waals surface area contributed by atoms with Crippen LogP contribution in [0.5, 0.6) is 0 Å². The van der Waals surface area contributed by atoms with Crippen molar-refractivity contribution in [2.45, 2.75) is 31.1 Å². The molecular weight excluding hydrogens is 483 g/mol. The Kier molecular flexibility index (Phi) is 9.24. The van der Waals surface area contributed by atoms with Crippen molar-refractivity contribution in [2.24, 2.45) is 4.99 Å². The lowest BCUT2D eigenvalue weighted by Gasteiger charge is -2.43. The molecule has 1 aliphatic carbocycles. The molecule has 1 heterocycles. The first-order valence-corrected chi connectivity index (χ1v) is 10.4. The molecule has 0 atom stereocenters. The third-order valence-electron chi connectivity index (χ3n) is 5.19. The van der Waals surface area contributed by atoms with Crippen LogP contribution >= 0.6 is 35.3 Å². The van der Waals surface area contributed by atoms with Gasteiger partial charge >= 0.3 is 0 Å². The van der Waals surface area contributed by atoms with Gasteiger partial charge in [0, 0.05) is 32.1 Å². The average molecular weight is 512 g/mol. The van der Waals surface area contributed by atoms with Crippen molar-refractivity contribution in [3.63, 3.8) is 0 Å². The zero-order valence-corrected chi connectivity index (χ0v) is 19.4. The summed E-state index contributed by atoms with van der Waals surface area (Å²) in [5, 5.41) is 11.7. The molecule has 3 N–H and O–H groups in total. The summed E-state index contributed by atoms with van der Waals surface area (Å²) in [6.07, 6.45) is 4.57. The third kappa shape index (κ3) is 5.94. The first-order valence-electron chi connectivity index (χ1n) is 9.55. The van der Waals surface area contributed by atoms with Crippen LogP contribution in [0.3, 0.4) is 0 Å². The van der Waals surface area contributed by atoms with E-state index in [2.05, 4.69) is 51.3 Å². The molecule has 2 aromatic rings. The van der Waals surface area contributed by atoms with Gasteiger partial charge in [-0.15, -0.1) is 35.3 Å². The molecule has 0 bridgehead atoms. The summed E-state index contributed by atoms with van der Waals surface area (Å²) in [6.45, 7) is 2.31. The summed E-state index contributed by atoms with van der Waals surface area (Å²) in [5.41, 5.74) is 1.64. The Labute approximate surface area is 188 Å². The predicted molar refractivity (Wildman–Crippen MR) is 128 cm³/mol. The Morgan fingerprint density at radius 3 is 2.43 bits per heavy atom. The normalized spacial score (nSPS) is 15.1. The highest BCUT2D eigenvalue weighted by atomic mass is 127. The highest BCUT2D eigenvalue weighted by Crippen LogP contribution is 2.43. The van der Waals surface area contributed by atoms with E-state index in [1.165, 1.54) is 36.2 Å². The number of nitrogens with one attached hydrogen (secondary N) is 3. The van der Waals surface area contributed by atoms with Crippen LogP contribution in [0, 0.1) is 0 Å². The average Bonchev–Trinajstić information content (AvgIpc) is 3.21. The summed E-state index contributed by atoms with van der Waals surface area (Å²) >= 11 is 1.46. The summed E-state index contributed by atoms with van der Waals surface area (Å²) in [4.78, 5) is 17.0. The molecule has 0 unspecified atom stereocenters. The maximum Gasteiger partial charge on any atom is 0.261 e. The summed E-state index contributed by atoms with van der Waals surface area (Å²) < 4.78 is 0. The largest absolute Gasteiger partial charge is 0.356 e. The van der Waals surface area contributed by atoms with Crippen molar-refractivity contribution < 1.29 is 4.79 Å². The first kappa shape index (κ1) is 22.7. The van der Waals surface area contributed by atoms with Gasteiger partial charge in [-0.2, -0.15) is 0 Å². The SMILES string of the molecule is CN=C(NCCCNC(=O)c1cccs1)NCC1(c2ccccc2)CCC1.I. The van der Waals surface area contributed by atoms with Crippen molar-refractivity contribution in [1.29, 1.82) is 0 Å². The van der Waals surface area contributed by atoms with Crippen LogP contribution in [0.4, 0.5) is 0 Å². The highest BCUT2D eigenvalue weighted by Gasteiger charge is 2.38. The Balaban J connectivity index is 0.00000280. The molecule has 5 nitrogen and oxygen atoms in total. The Morgan fingerprint density at radius 1 is 1.07 bits per heavy atom. The summed E-state index contributed by atoms with van der Waals surface area (Å²) in [5.74, 6) is 0.823. The molecular formula is C21H29IN4OS. The van der Waals surface area contributed by atoms with Crippen LogP contribution in [0.15, 0.2) is 52.8 Å². The van der Waals surface area contributed by atoms with E-state index in [1.54, 1.807) is 7.05 Å². The van der Waals surface area contributed by atoms with Crippen LogP contribution in [0.2, 0.25) is 0 Å². The second kappa shape index (κ2) is 11.4. The van der Waals surface area contributed by atoms with Crippen LogP contribution in [0.25, 0.3) is 0 Å². The number of carbonyl (C=O) groups is 1. The zero-order valence-electron chi connectivity index (χ0n) is 16.2. The second-order valence-electron chi connectivity index (χ2n) is 6.94. The van der Waals surface area contributed by atoms with E-state index in [4.69, 9.17) is 0 Å². The number of thiophene rings is 1. The quantitative estimate of drug-likeness (QED) is 0.218. The molecule has 0 spiro atoms. The molecule has 1 saturated carbocycles. The van der Waals surface area contributed by atoms with Gasteiger partial charge in [0.25, 0.3) is 5.91 Å². The minimum atomic E-state index is 0. The fourth-order valence-electron chi connectivity index (χ4n) is 3.43. The molecule has 28 heavy (non-hydrogen) atoms. The van der Waals surface area contributed by atoms with E-state index >= 15 is 0 Å². The van der Waals surface area contributed by atoms with Crippen molar-refractivity contribution in [3.05, 3.63) is 58.3 Å². The number of halogens is 1. The van der Waals surface area contributed by atoms with Gasteiger partial charge in [0.2, 0.25) is 0 Å². The van der Waals surface area contributed by atoms with Crippen LogP contribution < -0.4 is 16.0 Å². The van der Waals surface area contributed by atoms with Crippen molar-refractivity contribution in [2.75, 3.05) is 26.7 Å². The molecule has 152 valence electrons. The first-order chi connectivity index (χ1) is 13.2. The van der Waals surface area contributed by atoms with Gasteiger partial charge in [-0.3, -0.25) is 9.79 Å². The fourth-order valence-corrected chi connectivity index (χ4v) is 4.07. The number of nitrogens with zero attached hydrogens (tertiary/aromatic N) is 1. The maximum atomic E-state index is 11.9. The monoisotopic (exact) mass is 512 g/mol. The number of hydrogen-bond acceptors (Lipinski definition) is 3. The van der Waals surface area contributed by atoms with E-state index in [0.29, 0.717) is 6.54 Å². The zero-order chi connectivity index (χ0) is 19.0. The minimum Gasteiger partial charge on any atom is -0.356 e. The molecule has 3 rings (SSSR count). The molecule has 1 amide bonds. The summed E-state index contributed by atoms with van der Waals surface area (Å²) in [6, 6.07) is 14.5. The van der Waals surface area contributed by atoms with E-state index in [0.717, 1.165) is 30.3 Å². The lowest BCUT2D eigenvalue weighted by molar-refractivity contribution is 0.0957. The maximum absolute atomic E-state index is 11.9. The van der Waals surface area contributed by atoms with E-state index < -0.39 is 0 Å². The second-order valence-corrected chi connectivity index (χ2v) is 7.89. The van der Waals surface area contributed by atoms with Gasteiger partial charge in [-0.05, 0) is 36.3 Å². The Morgan fingerprint density at radius 2 is 1.82 bits per heavy atom. The van der Waals surface area contributed by atoms with Gasteiger partial charge < -0.3 is 16.0 Å². The lowest BCUT2D eigenvalue weighted by Crippen LogP contribution is -2.49. The van der Waals surface area contributed by atoms with Crippen molar-refractivity contribution in [3.8, 4) is 0 Å². The van der Waals surface area contributed by atoms with Crippen molar-refractivity contribution in [1.82, 2.24) is 16.0 Å². The predicted octanol–water partition coefficient (Wildman–Crippen LogP) is 3.77. The number of guanidine groups is 1. The number of carbonyl (C=O) groups excluding carboxylic acids is 1. The van der Waals surface area contributed by atoms with Crippen LogP contribution in [-0.2, 0) is 5.41 Å². The van der Waals surface area contributed by atoms with Crippen LogP contribution in [0.1, 0.15) is 40.9 Å². The molecule has 0 aliphatic heterocycles. The van der Waals surface area contributed by atoms with Gasteiger partial charge in [0.15, 0.2) is 5.96 Å². The standard InChI is InChI=1S/C21H28N4OS.HI/c1-22-20(24-14-7-13-23-19(26)18-10-5-15-27-18)25-16-21(11-6-12-21)17-8-3-2-4-9-17;/h2-5,8-10,15H,6-7,11-14,16H2,1H3,(H,23,26)(H2,22,24,25);1H. The van der Waals surface area contributed by atoms with Crippen molar-refractivity contribution >= 4 is 47.2 Å². The van der Waals surface area contributed by atoms with E-state index in [9.17, 15) is 4.79 Å². The van der Waals surface area contributed by atoms with Crippen LogP contribution in [-0.4, -0.2) is 38.5 Å². The number of amides is 1. The van der Waals surface area contributed by atoms with Gasteiger partial charge in [-0.1, -0.05) is 42.8 Å². The van der Waals surface area contributed by atoms with E-state index in [1.807, 2.05) is 17.5 Å².